The Balaban J connectivity index is 1.33. The minimum absolute atomic E-state index is 0.114. The maximum absolute atomic E-state index is 13.1. The predicted octanol–water partition coefficient (Wildman–Crippen LogP) is 4.71. The summed E-state index contributed by atoms with van der Waals surface area (Å²) >= 11 is 0. The van der Waals surface area contributed by atoms with Crippen LogP contribution in [0.15, 0.2) is 71.8 Å². The summed E-state index contributed by atoms with van der Waals surface area (Å²) < 4.78 is 30.1. The van der Waals surface area contributed by atoms with Crippen molar-refractivity contribution in [2.45, 2.75) is 26.9 Å². The number of nitrogens with one attached hydrogen (secondary N) is 1. The maximum Gasteiger partial charge on any atom is 0.245 e. The van der Waals surface area contributed by atoms with Gasteiger partial charge in [-0.15, -0.1) is 0 Å². The van der Waals surface area contributed by atoms with Crippen LogP contribution in [0.3, 0.4) is 0 Å². The summed E-state index contributed by atoms with van der Waals surface area (Å²) in [5, 5.41) is 4.07. The molecule has 2 amide bonds. The molecule has 4 rings (SSSR count). The van der Waals surface area contributed by atoms with Crippen molar-refractivity contribution in [2.75, 3.05) is 24.7 Å². The third-order valence-electron chi connectivity index (χ3n) is 5.92. The van der Waals surface area contributed by atoms with Crippen LogP contribution < -0.4 is 24.5 Å². The average Bonchev–Trinajstić information content (AvgIpc) is 3.31. The fraction of sp³-hybridized carbons (Fsp3) is 0.276. The lowest BCUT2D eigenvalue weighted by Gasteiger charge is -2.17. The van der Waals surface area contributed by atoms with Crippen molar-refractivity contribution in [1.29, 1.82) is 0 Å². The van der Waals surface area contributed by atoms with Crippen molar-refractivity contribution in [1.82, 2.24) is 5.43 Å². The molecule has 9 heteroatoms. The van der Waals surface area contributed by atoms with Gasteiger partial charge in [0.2, 0.25) is 11.8 Å². The third-order valence-corrected chi connectivity index (χ3v) is 5.92. The first-order chi connectivity index (χ1) is 18.5. The highest BCUT2D eigenvalue weighted by atomic mass is 19.1. The van der Waals surface area contributed by atoms with Crippen molar-refractivity contribution >= 4 is 23.7 Å². The topological polar surface area (TPSA) is 89.5 Å². The van der Waals surface area contributed by atoms with Gasteiger partial charge >= 0.3 is 0 Å². The molecular weight excluding hydrogens is 489 g/mol. The van der Waals surface area contributed by atoms with Gasteiger partial charge in [-0.3, -0.25) is 9.59 Å². The standard InChI is InChI=1S/C29H30FN3O5/c1-3-36-25-12-10-24(11-13-25)33-18-22(16-28(33)34)29(35)32-31-17-21-7-14-26(27(15-21)37-4-2)38-19-20-5-8-23(30)9-6-20/h5-15,17,22H,3-4,16,18-19H2,1-2H3,(H,32,35)/b31-17-/t22-/m1/s1. The zero-order valence-electron chi connectivity index (χ0n) is 21.4. The van der Waals surface area contributed by atoms with Crippen LogP contribution in [-0.2, 0) is 16.2 Å². The summed E-state index contributed by atoms with van der Waals surface area (Å²) in [6.07, 6.45) is 1.62. The van der Waals surface area contributed by atoms with Crippen LogP contribution in [-0.4, -0.2) is 37.8 Å². The highest BCUT2D eigenvalue weighted by molar-refractivity contribution is 6.00. The molecule has 1 atom stereocenters. The quantitative estimate of drug-likeness (QED) is 0.293. The number of hydrazone groups is 1. The Morgan fingerprint density at radius 1 is 1.00 bits per heavy atom. The van der Waals surface area contributed by atoms with Crippen molar-refractivity contribution in [3.05, 3.63) is 83.7 Å². The summed E-state index contributed by atoms with van der Waals surface area (Å²) in [5.74, 6) is 0.541. The number of nitrogens with zero attached hydrogens (tertiary/aromatic N) is 2. The van der Waals surface area contributed by atoms with E-state index in [9.17, 15) is 14.0 Å². The summed E-state index contributed by atoms with van der Waals surface area (Å²) in [5.41, 5.74) is 4.79. The monoisotopic (exact) mass is 519 g/mol. The Hall–Kier alpha value is -4.40. The first-order valence-electron chi connectivity index (χ1n) is 12.5. The van der Waals surface area contributed by atoms with Gasteiger partial charge < -0.3 is 19.1 Å². The van der Waals surface area contributed by atoms with Crippen molar-refractivity contribution < 1.29 is 28.2 Å². The van der Waals surface area contributed by atoms with Gasteiger partial charge in [-0.25, -0.2) is 9.82 Å². The first kappa shape index (κ1) is 26.7. The van der Waals surface area contributed by atoms with E-state index >= 15 is 0 Å². The molecule has 1 heterocycles. The van der Waals surface area contributed by atoms with E-state index in [1.54, 1.807) is 47.4 Å². The molecule has 1 aliphatic rings. The highest BCUT2D eigenvalue weighted by Crippen LogP contribution is 2.29. The zero-order valence-corrected chi connectivity index (χ0v) is 21.4. The molecule has 3 aromatic rings. The van der Waals surface area contributed by atoms with E-state index in [4.69, 9.17) is 14.2 Å². The minimum atomic E-state index is -0.507. The van der Waals surface area contributed by atoms with Crippen molar-refractivity contribution in [2.24, 2.45) is 11.0 Å². The van der Waals surface area contributed by atoms with E-state index in [-0.39, 0.29) is 37.2 Å². The molecule has 198 valence electrons. The van der Waals surface area contributed by atoms with Gasteiger partial charge in [-0.05, 0) is 79.6 Å². The molecule has 8 nitrogen and oxygen atoms in total. The lowest BCUT2D eigenvalue weighted by atomic mass is 10.1. The van der Waals surface area contributed by atoms with Crippen LogP contribution in [0.5, 0.6) is 17.2 Å². The second-order valence-corrected chi connectivity index (χ2v) is 8.62. The number of anilines is 1. The lowest BCUT2D eigenvalue weighted by Crippen LogP contribution is -2.30. The Morgan fingerprint density at radius 3 is 2.45 bits per heavy atom. The van der Waals surface area contributed by atoms with E-state index in [2.05, 4.69) is 10.5 Å². The number of hydrogen-bond donors (Lipinski definition) is 1. The molecule has 0 aliphatic carbocycles. The summed E-state index contributed by atoms with van der Waals surface area (Å²) in [7, 11) is 0. The second kappa shape index (κ2) is 12.7. The molecule has 0 spiro atoms. The SMILES string of the molecule is CCOc1ccc(N2C[C@H](C(=O)N/N=C\c3ccc(OCc4ccc(F)cc4)c(OCC)c3)CC2=O)cc1. The Morgan fingerprint density at radius 2 is 1.74 bits per heavy atom. The van der Waals surface area contributed by atoms with E-state index in [1.807, 2.05) is 26.0 Å². The molecule has 0 unspecified atom stereocenters. The second-order valence-electron chi connectivity index (χ2n) is 8.62. The van der Waals surface area contributed by atoms with E-state index in [0.717, 1.165) is 17.0 Å². The minimum Gasteiger partial charge on any atom is -0.494 e. The number of amides is 2. The predicted molar refractivity (Wildman–Crippen MR) is 142 cm³/mol. The highest BCUT2D eigenvalue weighted by Gasteiger charge is 2.35. The number of carbonyl (C=O) groups is 2. The molecule has 0 bridgehead atoms. The average molecular weight is 520 g/mol. The fourth-order valence-electron chi connectivity index (χ4n) is 4.02. The molecule has 1 N–H and O–H groups in total. The molecule has 0 radical (unpaired) electrons. The Kier molecular flexibility index (Phi) is 8.92. The van der Waals surface area contributed by atoms with Gasteiger partial charge in [-0.2, -0.15) is 5.10 Å². The molecule has 1 fully saturated rings. The molecule has 1 aliphatic heterocycles. The van der Waals surface area contributed by atoms with Gasteiger partial charge in [0.05, 0.1) is 25.3 Å². The Bertz CT molecular complexity index is 1280. The molecule has 38 heavy (non-hydrogen) atoms. The van der Waals surface area contributed by atoms with Crippen LogP contribution in [0.2, 0.25) is 0 Å². The fourth-order valence-corrected chi connectivity index (χ4v) is 4.02. The molecule has 1 saturated heterocycles. The van der Waals surface area contributed by atoms with Crippen LogP contribution in [0.25, 0.3) is 0 Å². The molecule has 0 aromatic heterocycles. The Labute approximate surface area is 221 Å². The third kappa shape index (κ3) is 6.88. The van der Waals surface area contributed by atoms with Gasteiger partial charge in [-0.1, -0.05) is 12.1 Å². The number of rotatable bonds is 11. The van der Waals surface area contributed by atoms with E-state index in [0.29, 0.717) is 30.3 Å². The van der Waals surface area contributed by atoms with Crippen LogP contribution in [0, 0.1) is 11.7 Å². The number of carbonyl (C=O) groups excluding carboxylic acids is 2. The number of ether oxygens (including phenoxy) is 3. The molecule has 0 saturated carbocycles. The first-order valence-corrected chi connectivity index (χ1v) is 12.5. The zero-order chi connectivity index (χ0) is 26.9. The summed E-state index contributed by atoms with van der Waals surface area (Å²) in [6, 6.07) is 18.6. The summed E-state index contributed by atoms with van der Waals surface area (Å²) in [4.78, 5) is 26.8. The van der Waals surface area contributed by atoms with E-state index < -0.39 is 5.92 Å². The van der Waals surface area contributed by atoms with Gasteiger partial charge in [0.15, 0.2) is 11.5 Å². The van der Waals surface area contributed by atoms with Crippen LogP contribution in [0.1, 0.15) is 31.4 Å². The maximum atomic E-state index is 13.1. The van der Waals surface area contributed by atoms with Crippen LogP contribution in [0.4, 0.5) is 10.1 Å². The number of halogens is 1. The van der Waals surface area contributed by atoms with Gasteiger partial charge in [0, 0.05) is 18.7 Å². The van der Waals surface area contributed by atoms with Gasteiger partial charge in [0.1, 0.15) is 18.2 Å². The number of hydrogen-bond acceptors (Lipinski definition) is 6. The normalized spacial score (nSPS) is 15.1. The number of benzene rings is 3. The van der Waals surface area contributed by atoms with E-state index in [1.165, 1.54) is 18.3 Å². The molecule has 3 aromatic carbocycles. The lowest BCUT2D eigenvalue weighted by molar-refractivity contribution is -0.126. The smallest absolute Gasteiger partial charge is 0.245 e. The largest absolute Gasteiger partial charge is 0.494 e. The van der Waals surface area contributed by atoms with Crippen LogP contribution >= 0.6 is 0 Å². The van der Waals surface area contributed by atoms with Crippen molar-refractivity contribution in [3.63, 3.8) is 0 Å². The van der Waals surface area contributed by atoms with Gasteiger partial charge in [0.25, 0.3) is 0 Å². The summed E-state index contributed by atoms with van der Waals surface area (Å²) in [6.45, 7) is 5.31. The van der Waals surface area contributed by atoms with Crippen molar-refractivity contribution in [3.8, 4) is 17.2 Å². The molecular formula is C29H30FN3O5.